The average Bonchev–Trinajstić information content (AvgIpc) is 2.28. The fourth-order valence-electron chi connectivity index (χ4n) is 1.90. The second-order valence-corrected chi connectivity index (χ2v) is 4.41. The minimum absolute atomic E-state index is 0.666. The lowest BCUT2D eigenvalue weighted by molar-refractivity contribution is -0.276. The summed E-state index contributed by atoms with van der Waals surface area (Å²) in [5.41, 5.74) is 0. The van der Waals surface area contributed by atoms with E-state index in [0.29, 0.717) is 0 Å². The number of hydrogen-bond acceptors (Lipinski definition) is 7. The molecular formula is C12H17FO7. The normalized spacial score (nSPS) is 33.1. The Morgan fingerprint density at radius 1 is 0.900 bits per heavy atom. The van der Waals surface area contributed by atoms with Gasteiger partial charge in [0.15, 0.2) is 12.2 Å². The quantitative estimate of drug-likeness (QED) is 0.552. The van der Waals surface area contributed by atoms with E-state index in [1.165, 1.54) is 6.92 Å². The zero-order chi connectivity index (χ0) is 15.4. The lowest BCUT2D eigenvalue weighted by Crippen LogP contribution is -2.58. The molecule has 1 saturated heterocycles. The Morgan fingerprint density at radius 3 is 1.80 bits per heavy atom. The fourth-order valence-corrected chi connectivity index (χ4v) is 1.90. The van der Waals surface area contributed by atoms with E-state index in [1.807, 2.05) is 0 Å². The van der Waals surface area contributed by atoms with Gasteiger partial charge in [-0.3, -0.25) is 14.4 Å². The number of carbonyl (C=O) groups excluding carboxylic acids is 3. The van der Waals surface area contributed by atoms with Gasteiger partial charge in [0, 0.05) is 20.8 Å². The minimum atomic E-state index is -1.96. The van der Waals surface area contributed by atoms with Crippen molar-refractivity contribution in [3.8, 4) is 0 Å². The zero-order valence-electron chi connectivity index (χ0n) is 11.6. The van der Waals surface area contributed by atoms with Crippen LogP contribution in [0.15, 0.2) is 0 Å². The van der Waals surface area contributed by atoms with Crippen LogP contribution in [0.2, 0.25) is 0 Å². The van der Waals surface area contributed by atoms with Crippen molar-refractivity contribution in [2.24, 2.45) is 0 Å². The van der Waals surface area contributed by atoms with Crippen molar-refractivity contribution >= 4 is 17.9 Å². The van der Waals surface area contributed by atoms with E-state index in [1.54, 1.807) is 0 Å². The van der Waals surface area contributed by atoms with Gasteiger partial charge in [-0.05, 0) is 6.92 Å². The summed E-state index contributed by atoms with van der Waals surface area (Å²) in [5.74, 6) is -2.15. The van der Waals surface area contributed by atoms with Gasteiger partial charge < -0.3 is 18.9 Å². The van der Waals surface area contributed by atoms with Crippen molar-refractivity contribution < 1.29 is 37.7 Å². The van der Waals surface area contributed by atoms with Gasteiger partial charge in [-0.15, -0.1) is 0 Å². The number of carbonyl (C=O) groups is 3. The third-order valence-electron chi connectivity index (χ3n) is 2.60. The molecule has 20 heavy (non-hydrogen) atoms. The number of ether oxygens (including phenoxy) is 4. The van der Waals surface area contributed by atoms with E-state index in [4.69, 9.17) is 14.2 Å². The first-order valence-corrected chi connectivity index (χ1v) is 6.03. The molecule has 7 nitrogen and oxygen atoms in total. The van der Waals surface area contributed by atoms with Crippen LogP contribution < -0.4 is 0 Å². The van der Waals surface area contributed by atoms with Crippen LogP contribution in [0.25, 0.3) is 0 Å². The topological polar surface area (TPSA) is 88.1 Å². The lowest BCUT2D eigenvalue weighted by Gasteiger charge is -2.40. The lowest BCUT2D eigenvalue weighted by atomic mass is 10.00. The molecule has 0 aromatic heterocycles. The second kappa shape index (κ2) is 6.65. The molecule has 1 aliphatic heterocycles. The highest BCUT2D eigenvalue weighted by Gasteiger charge is 2.50. The molecule has 0 aromatic carbocycles. The third kappa shape index (κ3) is 4.16. The SMILES string of the molecule is CC(=O)OC1O[C@@H](C)[C@@H](OC(C)=O)[C@@H](OC(C)=O)[C@H]1F. The van der Waals surface area contributed by atoms with E-state index < -0.39 is 48.7 Å². The molecule has 0 radical (unpaired) electrons. The summed E-state index contributed by atoms with van der Waals surface area (Å²) in [6, 6.07) is 0. The molecule has 1 aliphatic rings. The van der Waals surface area contributed by atoms with Crippen molar-refractivity contribution in [3.05, 3.63) is 0 Å². The molecule has 0 aromatic rings. The Hall–Kier alpha value is -1.70. The molecule has 114 valence electrons. The molecule has 1 heterocycles. The van der Waals surface area contributed by atoms with Crippen molar-refractivity contribution in [2.45, 2.75) is 58.5 Å². The van der Waals surface area contributed by atoms with E-state index in [2.05, 4.69) is 4.74 Å². The number of hydrogen-bond donors (Lipinski definition) is 0. The molecule has 1 rings (SSSR count). The smallest absolute Gasteiger partial charge is 0.305 e. The van der Waals surface area contributed by atoms with Gasteiger partial charge in [-0.2, -0.15) is 0 Å². The van der Waals surface area contributed by atoms with Crippen molar-refractivity contribution in [3.63, 3.8) is 0 Å². The zero-order valence-corrected chi connectivity index (χ0v) is 11.6. The van der Waals surface area contributed by atoms with Gasteiger partial charge in [-0.25, -0.2) is 4.39 Å². The first-order valence-electron chi connectivity index (χ1n) is 6.03. The largest absolute Gasteiger partial charge is 0.456 e. The number of esters is 3. The van der Waals surface area contributed by atoms with Gasteiger partial charge in [0.25, 0.3) is 0 Å². The summed E-state index contributed by atoms with van der Waals surface area (Å²) in [7, 11) is 0. The molecule has 0 bridgehead atoms. The second-order valence-electron chi connectivity index (χ2n) is 4.41. The maximum atomic E-state index is 14.2. The van der Waals surface area contributed by atoms with E-state index in [-0.39, 0.29) is 0 Å². The standard InChI is InChI=1S/C12H17FO7/c1-5-10(18-6(2)14)11(19-7(3)15)9(13)12(17-5)20-8(4)16/h5,9-12H,1-4H3/t5-,9+,10+,11-,12?/m0/s1. The molecular weight excluding hydrogens is 275 g/mol. The van der Waals surface area contributed by atoms with E-state index >= 15 is 0 Å². The van der Waals surface area contributed by atoms with Crippen LogP contribution >= 0.6 is 0 Å². The van der Waals surface area contributed by atoms with Crippen LogP contribution in [-0.2, 0) is 33.3 Å². The van der Waals surface area contributed by atoms with E-state index in [0.717, 1.165) is 20.8 Å². The van der Waals surface area contributed by atoms with Gasteiger partial charge in [0.05, 0.1) is 6.10 Å². The first-order chi connectivity index (χ1) is 9.22. The summed E-state index contributed by atoms with van der Waals surface area (Å²) < 4.78 is 33.8. The summed E-state index contributed by atoms with van der Waals surface area (Å²) >= 11 is 0. The maximum absolute atomic E-state index is 14.2. The van der Waals surface area contributed by atoms with Crippen LogP contribution in [0, 0.1) is 0 Å². The third-order valence-corrected chi connectivity index (χ3v) is 2.60. The maximum Gasteiger partial charge on any atom is 0.305 e. The number of halogens is 1. The van der Waals surface area contributed by atoms with Gasteiger partial charge in [0.2, 0.25) is 12.5 Å². The summed E-state index contributed by atoms with van der Waals surface area (Å²) in [6.07, 6.45) is -6.79. The number of rotatable bonds is 3. The van der Waals surface area contributed by atoms with Crippen LogP contribution in [0.4, 0.5) is 4.39 Å². The van der Waals surface area contributed by atoms with Crippen molar-refractivity contribution in [1.29, 1.82) is 0 Å². The Kier molecular flexibility index (Phi) is 5.43. The average molecular weight is 292 g/mol. The molecule has 1 unspecified atom stereocenters. The molecule has 0 amide bonds. The minimum Gasteiger partial charge on any atom is -0.456 e. The molecule has 1 fully saturated rings. The van der Waals surface area contributed by atoms with Gasteiger partial charge in [0.1, 0.15) is 0 Å². The Morgan fingerprint density at radius 2 is 1.35 bits per heavy atom. The summed E-state index contributed by atoms with van der Waals surface area (Å²) in [6.45, 7) is 4.83. The predicted molar refractivity (Wildman–Crippen MR) is 62.1 cm³/mol. The predicted octanol–water partition coefficient (Wildman–Crippen LogP) is 0.496. The summed E-state index contributed by atoms with van der Waals surface area (Å²) in [4.78, 5) is 33.0. The van der Waals surface area contributed by atoms with Gasteiger partial charge >= 0.3 is 17.9 Å². The highest BCUT2D eigenvalue weighted by atomic mass is 19.1. The number of alkyl halides is 1. The van der Waals surface area contributed by atoms with Crippen LogP contribution in [-0.4, -0.2) is 48.7 Å². The van der Waals surface area contributed by atoms with Crippen LogP contribution in [0.1, 0.15) is 27.7 Å². The first kappa shape index (κ1) is 16.4. The fraction of sp³-hybridized carbons (Fsp3) is 0.750. The van der Waals surface area contributed by atoms with E-state index in [9.17, 15) is 18.8 Å². The monoisotopic (exact) mass is 292 g/mol. The van der Waals surface area contributed by atoms with Crippen molar-refractivity contribution in [2.75, 3.05) is 0 Å². The summed E-state index contributed by atoms with van der Waals surface area (Å²) in [5, 5.41) is 0. The highest BCUT2D eigenvalue weighted by molar-refractivity contribution is 5.68. The van der Waals surface area contributed by atoms with Crippen molar-refractivity contribution in [1.82, 2.24) is 0 Å². The Labute approximate surface area is 115 Å². The van der Waals surface area contributed by atoms with Gasteiger partial charge in [-0.1, -0.05) is 0 Å². The van der Waals surface area contributed by atoms with Crippen LogP contribution in [0.5, 0.6) is 0 Å². The Balaban J connectivity index is 2.93. The molecule has 0 N–H and O–H groups in total. The molecule has 8 heteroatoms. The Bertz CT molecular complexity index is 397. The molecule has 0 spiro atoms. The molecule has 0 saturated carbocycles. The molecule has 5 atom stereocenters. The molecule has 0 aliphatic carbocycles. The van der Waals surface area contributed by atoms with Crippen LogP contribution in [0.3, 0.4) is 0 Å². The highest BCUT2D eigenvalue weighted by Crippen LogP contribution is 2.29.